The van der Waals surface area contributed by atoms with E-state index in [2.05, 4.69) is 9.97 Å². The molecule has 0 fully saturated rings. The van der Waals surface area contributed by atoms with Crippen molar-refractivity contribution in [3.8, 4) is 11.3 Å². The van der Waals surface area contributed by atoms with Crippen LogP contribution in [0.2, 0.25) is 0 Å². The van der Waals surface area contributed by atoms with E-state index < -0.39 is 15.1 Å². The minimum atomic E-state index is -3.32. The Morgan fingerprint density at radius 3 is 2.44 bits per heavy atom. The van der Waals surface area contributed by atoms with Gasteiger partial charge in [0.2, 0.25) is 0 Å². The lowest BCUT2D eigenvalue weighted by Gasteiger charge is -2.12. The highest BCUT2D eigenvalue weighted by atomic mass is 32.2. The van der Waals surface area contributed by atoms with Gasteiger partial charge in [-0.05, 0) is 26.0 Å². The van der Waals surface area contributed by atoms with Crippen LogP contribution < -0.4 is 0 Å². The van der Waals surface area contributed by atoms with Crippen LogP contribution in [-0.2, 0) is 9.84 Å². The van der Waals surface area contributed by atoms with Gasteiger partial charge in [0, 0.05) is 11.8 Å². The number of nitrogens with zero attached hydrogens (tertiary/aromatic N) is 2. The SMILES string of the molecule is CC(C)S(=O)(=O)c1ccccc1-c1ccncn1. The van der Waals surface area contributed by atoms with E-state index in [9.17, 15) is 8.42 Å². The van der Waals surface area contributed by atoms with Crippen molar-refractivity contribution in [3.63, 3.8) is 0 Å². The van der Waals surface area contributed by atoms with E-state index in [0.717, 1.165) is 0 Å². The molecule has 2 rings (SSSR count). The first-order chi connectivity index (χ1) is 8.53. The summed E-state index contributed by atoms with van der Waals surface area (Å²) in [6, 6.07) is 8.61. The predicted molar refractivity (Wildman–Crippen MR) is 69.8 cm³/mol. The fraction of sp³-hybridized carbons (Fsp3) is 0.231. The van der Waals surface area contributed by atoms with Gasteiger partial charge in [0.1, 0.15) is 6.33 Å². The molecule has 0 bridgehead atoms. The van der Waals surface area contributed by atoms with Gasteiger partial charge in [-0.3, -0.25) is 0 Å². The molecule has 0 spiro atoms. The first kappa shape index (κ1) is 12.7. The summed E-state index contributed by atoms with van der Waals surface area (Å²) in [6.07, 6.45) is 3.01. The summed E-state index contributed by atoms with van der Waals surface area (Å²) >= 11 is 0. The Kier molecular flexibility index (Phi) is 3.43. The zero-order valence-electron chi connectivity index (χ0n) is 10.2. The Bertz CT molecular complexity index is 637. The molecule has 2 aromatic rings. The van der Waals surface area contributed by atoms with Gasteiger partial charge in [-0.25, -0.2) is 18.4 Å². The molecule has 94 valence electrons. The molecule has 0 unspecified atom stereocenters. The van der Waals surface area contributed by atoms with Crippen LogP contribution >= 0.6 is 0 Å². The molecular weight excluding hydrogens is 248 g/mol. The van der Waals surface area contributed by atoms with Crippen LogP contribution in [0.3, 0.4) is 0 Å². The minimum absolute atomic E-state index is 0.318. The maximum absolute atomic E-state index is 12.3. The zero-order valence-corrected chi connectivity index (χ0v) is 11.1. The smallest absolute Gasteiger partial charge is 0.181 e. The molecule has 4 nitrogen and oxygen atoms in total. The van der Waals surface area contributed by atoms with E-state index in [1.54, 1.807) is 50.4 Å². The van der Waals surface area contributed by atoms with E-state index in [-0.39, 0.29) is 0 Å². The van der Waals surface area contributed by atoms with Gasteiger partial charge in [0.05, 0.1) is 15.8 Å². The van der Waals surface area contributed by atoms with Gasteiger partial charge in [-0.1, -0.05) is 18.2 Å². The van der Waals surface area contributed by atoms with Crippen LogP contribution in [0, 0.1) is 0 Å². The van der Waals surface area contributed by atoms with Gasteiger partial charge in [0.15, 0.2) is 9.84 Å². The largest absolute Gasteiger partial charge is 0.245 e. The molecule has 0 atom stereocenters. The fourth-order valence-corrected chi connectivity index (χ4v) is 2.89. The van der Waals surface area contributed by atoms with Crippen molar-refractivity contribution in [1.29, 1.82) is 0 Å². The van der Waals surface area contributed by atoms with E-state index in [4.69, 9.17) is 0 Å². The van der Waals surface area contributed by atoms with Gasteiger partial charge >= 0.3 is 0 Å². The van der Waals surface area contributed by atoms with Gasteiger partial charge in [0.25, 0.3) is 0 Å². The van der Waals surface area contributed by atoms with Crippen LogP contribution in [0.25, 0.3) is 11.3 Å². The number of sulfone groups is 1. The minimum Gasteiger partial charge on any atom is -0.245 e. The molecule has 0 amide bonds. The van der Waals surface area contributed by atoms with Crippen molar-refractivity contribution in [2.45, 2.75) is 24.0 Å². The van der Waals surface area contributed by atoms with E-state index >= 15 is 0 Å². The molecule has 0 aliphatic rings. The lowest BCUT2D eigenvalue weighted by atomic mass is 10.1. The second-order valence-corrected chi connectivity index (χ2v) is 6.66. The second kappa shape index (κ2) is 4.86. The summed E-state index contributed by atoms with van der Waals surface area (Å²) in [5.74, 6) is 0. The molecule has 0 aliphatic carbocycles. The number of hydrogen-bond donors (Lipinski definition) is 0. The van der Waals surface area contributed by atoms with Crippen molar-refractivity contribution in [2.24, 2.45) is 0 Å². The standard InChI is InChI=1S/C13H14N2O2S/c1-10(2)18(16,17)13-6-4-3-5-11(13)12-7-8-14-9-15-12/h3-10H,1-2H3. The van der Waals surface area contributed by atoms with Crippen molar-refractivity contribution >= 4 is 9.84 Å². The maximum atomic E-state index is 12.3. The van der Waals surface area contributed by atoms with Gasteiger partial charge in [-0.2, -0.15) is 0 Å². The Hall–Kier alpha value is -1.75. The molecule has 0 aliphatic heterocycles. The highest BCUT2D eigenvalue weighted by Crippen LogP contribution is 2.27. The molecule has 1 heterocycles. The molecule has 1 aromatic heterocycles. The summed E-state index contributed by atoms with van der Waals surface area (Å²) in [6.45, 7) is 3.35. The lowest BCUT2D eigenvalue weighted by Crippen LogP contribution is -2.15. The molecule has 0 saturated carbocycles. The van der Waals surface area contributed by atoms with Crippen molar-refractivity contribution < 1.29 is 8.42 Å². The monoisotopic (exact) mass is 262 g/mol. The average molecular weight is 262 g/mol. The quantitative estimate of drug-likeness (QED) is 0.851. The highest BCUT2D eigenvalue weighted by molar-refractivity contribution is 7.92. The molecule has 18 heavy (non-hydrogen) atoms. The maximum Gasteiger partial charge on any atom is 0.181 e. The zero-order chi connectivity index (χ0) is 13.2. The predicted octanol–water partition coefficient (Wildman–Crippen LogP) is 2.33. The summed E-state index contributed by atoms with van der Waals surface area (Å²) in [7, 11) is -3.32. The number of rotatable bonds is 3. The molecular formula is C13H14N2O2S. The Morgan fingerprint density at radius 2 is 1.83 bits per heavy atom. The number of aromatic nitrogens is 2. The van der Waals surface area contributed by atoms with Crippen molar-refractivity contribution in [3.05, 3.63) is 42.9 Å². The normalized spacial score (nSPS) is 11.7. The van der Waals surface area contributed by atoms with Gasteiger partial charge in [-0.15, -0.1) is 0 Å². The lowest BCUT2D eigenvalue weighted by molar-refractivity contribution is 0.587. The average Bonchev–Trinajstić information content (AvgIpc) is 2.39. The summed E-state index contributed by atoms with van der Waals surface area (Å²) in [4.78, 5) is 8.26. The number of hydrogen-bond acceptors (Lipinski definition) is 4. The Balaban J connectivity index is 2.65. The number of benzene rings is 1. The topological polar surface area (TPSA) is 59.9 Å². The molecule has 0 saturated heterocycles. The molecule has 0 N–H and O–H groups in total. The first-order valence-corrected chi connectivity index (χ1v) is 7.17. The van der Waals surface area contributed by atoms with Crippen molar-refractivity contribution in [2.75, 3.05) is 0 Å². The third-order valence-electron chi connectivity index (χ3n) is 2.67. The summed E-state index contributed by atoms with van der Waals surface area (Å²) < 4.78 is 24.6. The second-order valence-electron chi connectivity index (χ2n) is 4.18. The van der Waals surface area contributed by atoms with Crippen molar-refractivity contribution in [1.82, 2.24) is 9.97 Å². The molecule has 0 radical (unpaired) electrons. The third kappa shape index (κ3) is 2.26. The first-order valence-electron chi connectivity index (χ1n) is 5.63. The van der Waals surface area contributed by atoms with Gasteiger partial charge < -0.3 is 0 Å². The summed E-state index contributed by atoms with van der Waals surface area (Å²) in [5, 5.41) is -0.458. The van der Waals surface area contributed by atoms with Crippen LogP contribution in [0.4, 0.5) is 0 Å². The van der Waals surface area contributed by atoms with E-state index in [1.165, 1.54) is 6.33 Å². The van der Waals surface area contributed by atoms with E-state index in [1.807, 2.05) is 0 Å². The van der Waals surface area contributed by atoms with Crippen LogP contribution in [0.1, 0.15) is 13.8 Å². The third-order valence-corrected chi connectivity index (χ3v) is 4.88. The van der Waals surface area contributed by atoms with E-state index in [0.29, 0.717) is 16.2 Å². The fourth-order valence-electron chi connectivity index (χ4n) is 1.63. The van der Waals surface area contributed by atoms with Crippen LogP contribution in [0.5, 0.6) is 0 Å². The summed E-state index contributed by atoms with van der Waals surface area (Å²) in [5.41, 5.74) is 1.23. The highest BCUT2D eigenvalue weighted by Gasteiger charge is 2.23. The van der Waals surface area contributed by atoms with Crippen LogP contribution in [-0.4, -0.2) is 23.6 Å². The Morgan fingerprint density at radius 1 is 1.11 bits per heavy atom. The Labute approximate surface area is 107 Å². The molecule has 5 heteroatoms. The molecule has 1 aromatic carbocycles. The van der Waals surface area contributed by atoms with Crippen LogP contribution in [0.15, 0.2) is 47.8 Å².